The Bertz CT molecular complexity index is 355. The van der Waals surface area contributed by atoms with Gasteiger partial charge in [0.15, 0.2) is 5.82 Å². The summed E-state index contributed by atoms with van der Waals surface area (Å²) in [7, 11) is 0. The van der Waals surface area contributed by atoms with Crippen LogP contribution in [0, 0.1) is 0 Å². The Morgan fingerprint density at radius 2 is 2.32 bits per heavy atom. The van der Waals surface area contributed by atoms with E-state index in [4.69, 9.17) is 9.26 Å². The molecule has 0 aromatic carbocycles. The maximum Gasteiger partial charge on any atom is 0.228 e. The monoisotopic (exact) mass is 267 g/mol. The van der Waals surface area contributed by atoms with Gasteiger partial charge in [0, 0.05) is 25.0 Å². The normalized spacial score (nSPS) is 21.5. The Labute approximate surface area is 115 Å². The summed E-state index contributed by atoms with van der Waals surface area (Å²) in [4.78, 5) is 4.54. The molecular formula is C14H25N3O2. The smallest absolute Gasteiger partial charge is 0.228 e. The highest BCUT2D eigenvalue weighted by atomic mass is 16.5. The van der Waals surface area contributed by atoms with E-state index in [0.29, 0.717) is 12.0 Å². The lowest BCUT2D eigenvalue weighted by atomic mass is 10.0. The molecule has 1 fully saturated rings. The van der Waals surface area contributed by atoms with Gasteiger partial charge in [-0.1, -0.05) is 25.4 Å². The summed E-state index contributed by atoms with van der Waals surface area (Å²) in [5, 5.41) is 7.59. The van der Waals surface area contributed by atoms with Gasteiger partial charge in [-0.3, -0.25) is 0 Å². The first-order chi connectivity index (χ1) is 9.33. The molecule has 1 aromatic heterocycles. The summed E-state index contributed by atoms with van der Waals surface area (Å²) >= 11 is 0. The molecule has 1 aliphatic heterocycles. The van der Waals surface area contributed by atoms with E-state index in [2.05, 4.69) is 29.3 Å². The van der Waals surface area contributed by atoms with Gasteiger partial charge in [-0.2, -0.15) is 4.98 Å². The van der Waals surface area contributed by atoms with E-state index in [1.54, 1.807) is 0 Å². The average molecular weight is 267 g/mol. The van der Waals surface area contributed by atoms with E-state index >= 15 is 0 Å². The standard InChI is InChI=1S/C14H25N3O2/c1-3-6-12(15-4-2)9-13-16-14(17-19-13)11-7-5-8-18-10-11/h11-12,15H,3-10H2,1-2H3. The first-order valence-corrected chi connectivity index (χ1v) is 7.47. The number of ether oxygens (including phenoxy) is 1. The van der Waals surface area contributed by atoms with Crippen molar-refractivity contribution in [2.24, 2.45) is 0 Å². The first-order valence-electron chi connectivity index (χ1n) is 7.47. The topological polar surface area (TPSA) is 60.2 Å². The lowest BCUT2D eigenvalue weighted by molar-refractivity contribution is 0.0773. The summed E-state index contributed by atoms with van der Waals surface area (Å²) in [6.07, 6.45) is 5.31. The fourth-order valence-corrected chi connectivity index (χ4v) is 2.59. The SMILES string of the molecule is CCCC(Cc1nc(C2CCCOC2)no1)NCC. The molecule has 1 aromatic rings. The minimum atomic E-state index is 0.315. The molecule has 0 bridgehead atoms. The molecule has 1 saturated heterocycles. The zero-order chi connectivity index (χ0) is 13.5. The van der Waals surface area contributed by atoms with Crippen molar-refractivity contribution < 1.29 is 9.26 Å². The number of aromatic nitrogens is 2. The Hall–Kier alpha value is -0.940. The number of hydrogen-bond acceptors (Lipinski definition) is 5. The summed E-state index contributed by atoms with van der Waals surface area (Å²) in [5.74, 6) is 1.89. The quantitative estimate of drug-likeness (QED) is 0.821. The Kier molecular flexibility index (Phi) is 5.79. The van der Waals surface area contributed by atoms with Crippen LogP contribution in [0.1, 0.15) is 57.2 Å². The number of nitrogens with one attached hydrogen (secondary N) is 1. The van der Waals surface area contributed by atoms with Crippen LogP contribution >= 0.6 is 0 Å². The third kappa shape index (κ3) is 4.28. The first kappa shape index (κ1) is 14.5. The van der Waals surface area contributed by atoms with Crippen LogP contribution in [-0.4, -0.2) is 35.9 Å². The predicted molar refractivity (Wildman–Crippen MR) is 73.2 cm³/mol. The molecule has 2 rings (SSSR count). The molecule has 1 aliphatic rings. The second kappa shape index (κ2) is 7.60. The van der Waals surface area contributed by atoms with E-state index in [1.165, 1.54) is 0 Å². The van der Waals surface area contributed by atoms with E-state index in [0.717, 1.165) is 63.6 Å². The highest BCUT2D eigenvalue weighted by molar-refractivity contribution is 4.97. The minimum absolute atomic E-state index is 0.315. The molecule has 0 spiro atoms. The van der Waals surface area contributed by atoms with Crippen LogP contribution < -0.4 is 5.32 Å². The van der Waals surface area contributed by atoms with Gasteiger partial charge in [0.05, 0.1) is 6.61 Å². The zero-order valence-corrected chi connectivity index (χ0v) is 12.0. The molecule has 5 nitrogen and oxygen atoms in total. The van der Waals surface area contributed by atoms with Crippen LogP contribution in [-0.2, 0) is 11.2 Å². The molecule has 1 N–H and O–H groups in total. The molecule has 19 heavy (non-hydrogen) atoms. The Morgan fingerprint density at radius 3 is 3.00 bits per heavy atom. The second-order valence-corrected chi connectivity index (χ2v) is 5.21. The molecule has 5 heteroatoms. The van der Waals surface area contributed by atoms with E-state index in [9.17, 15) is 0 Å². The number of likely N-dealkylation sites (N-methyl/N-ethyl adjacent to an activating group) is 1. The van der Waals surface area contributed by atoms with Crippen LogP contribution in [0.2, 0.25) is 0 Å². The Morgan fingerprint density at radius 1 is 1.42 bits per heavy atom. The van der Waals surface area contributed by atoms with Gasteiger partial charge in [-0.25, -0.2) is 0 Å². The zero-order valence-electron chi connectivity index (χ0n) is 12.0. The Balaban J connectivity index is 1.91. The summed E-state index contributed by atoms with van der Waals surface area (Å²) in [5.41, 5.74) is 0. The minimum Gasteiger partial charge on any atom is -0.381 e. The maximum absolute atomic E-state index is 5.47. The van der Waals surface area contributed by atoms with Crippen molar-refractivity contribution in [3.05, 3.63) is 11.7 Å². The molecular weight excluding hydrogens is 242 g/mol. The molecule has 2 unspecified atom stereocenters. The predicted octanol–water partition coefficient (Wildman–Crippen LogP) is 2.28. The van der Waals surface area contributed by atoms with Crippen LogP contribution in [0.25, 0.3) is 0 Å². The van der Waals surface area contributed by atoms with Gasteiger partial charge in [-0.15, -0.1) is 0 Å². The van der Waals surface area contributed by atoms with Gasteiger partial charge in [0.1, 0.15) is 0 Å². The van der Waals surface area contributed by atoms with Gasteiger partial charge in [-0.05, 0) is 25.8 Å². The highest BCUT2D eigenvalue weighted by Crippen LogP contribution is 2.23. The summed E-state index contributed by atoms with van der Waals surface area (Å²) < 4.78 is 10.9. The highest BCUT2D eigenvalue weighted by Gasteiger charge is 2.22. The van der Waals surface area contributed by atoms with Crippen molar-refractivity contribution in [1.29, 1.82) is 0 Å². The number of nitrogens with zero attached hydrogens (tertiary/aromatic N) is 2. The van der Waals surface area contributed by atoms with Gasteiger partial charge < -0.3 is 14.6 Å². The lowest BCUT2D eigenvalue weighted by Gasteiger charge is -2.18. The van der Waals surface area contributed by atoms with Crippen molar-refractivity contribution in [3.8, 4) is 0 Å². The molecule has 0 radical (unpaired) electrons. The van der Waals surface area contributed by atoms with Crippen LogP contribution in [0.5, 0.6) is 0 Å². The fraction of sp³-hybridized carbons (Fsp3) is 0.857. The molecule has 2 atom stereocenters. The van der Waals surface area contributed by atoms with E-state index in [1.807, 2.05) is 0 Å². The van der Waals surface area contributed by atoms with Crippen molar-refractivity contribution in [3.63, 3.8) is 0 Å². The number of rotatable bonds is 7. The third-order valence-corrected chi connectivity index (χ3v) is 3.56. The maximum atomic E-state index is 5.47. The molecule has 0 aliphatic carbocycles. The van der Waals surface area contributed by atoms with Crippen molar-refractivity contribution in [2.45, 2.75) is 57.9 Å². The van der Waals surface area contributed by atoms with E-state index in [-0.39, 0.29) is 0 Å². The molecule has 0 amide bonds. The third-order valence-electron chi connectivity index (χ3n) is 3.56. The van der Waals surface area contributed by atoms with Crippen molar-refractivity contribution >= 4 is 0 Å². The van der Waals surface area contributed by atoms with E-state index < -0.39 is 0 Å². The molecule has 0 saturated carbocycles. The number of hydrogen-bond donors (Lipinski definition) is 1. The summed E-state index contributed by atoms with van der Waals surface area (Å²) in [6, 6.07) is 0.436. The second-order valence-electron chi connectivity index (χ2n) is 5.21. The summed E-state index contributed by atoms with van der Waals surface area (Å²) in [6.45, 7) is 6.89. The van der Waals surface area contributed by atoms with Crippen molar-refractivity contribution in [1.82, 2.24) is 15.5 Å². The van der Waals surface area contributed by atoms with Crippen LogP contribution in [0.4, 0.5) is 0 Å². The van der Waals surface area contributed by atoms with Crippen LogP contribution in [0.3, 0.4) is 0 Å². The molecule has 108 valence electrons. The largest absolute Gasteiger partial charge is 0.381 e. The van der Waals surface area contributed by atoms with Crippen molar-refractivity contribution in [2.75, 3.05) is 19.8 Å². The van der Waals surface area contributed by atoms with Gasteiger partial charge in [0.2, 0.25) is 5.89 Å². The van der Waals surface area contributed by atoms with Crippen LogP contribution in [0.15, 0.2) is 4.52 Å². The fourth-order valence-electron chi connectivity index (χ4n) is 2.59. The lowest BCUT2D eigenvalue weighted by Crippen LogP contribution is -2.30. The van der Waals surface area contributed by atoms with Gasteiger partial charge in [0.25, 0.3) is 0 Å². The average Bonchev–Trinajstić information content (AvgIpc) is 2.89. The molecule has 2 heterocycles. The van der Waals surface area contributed by atoms with Gasteiger partial charge >= 0.3 is 0 Å².